The summed E-state index contributed by atoms with van der Waals surface area (Å²) < 4.78 is 14.3. The van der Waals surface area contributed by atoms with Crippen LogP contribution in [0, 0.1) is 17.8 Å². The van der Waals surface area contributed by atoms with Crippen molar-refractivity contribution < 1.29 is 34.4 Å². The number of phenols is 1. The maximum absolute atomic E-state index is 15.0. The minimum Gasteiger partial charge on any atom is -0.508 e. The molecule has 6 rings (SSSR count). The Hall–Kier alpha value is -4.18. The average Bonchev–Trinajstić information content (AvgIpc) is 3.16. The number of aromatic hydroxyl groups is 1. The lowest BCUT2D eigenvalue weighted by Crippen LogP contribution is -2.70. The molecule has 1 amide bonds. The van der Waals surface area contributed by atoms with Gasteiger partial charge in [-0.25, -0.2) is 0 Å². The number of nitrogens with zero attached hydrogens (tertiary/aromatic N) is 2. The number of aliphatic hydroxyl groups is 2. The molecule has 290 valence electrons. The summed E-state index contributed by atoms with van der Waals surface area (Å²) in [5.41, 5.74) is 2.64. The fraction of sp³-hybridized carbons (Fsp3) is 0.511. The van der Waals surface area contributed by atoms with Crippen molar-refractivity contribution in [3.63, 3.8) is 0 Å². The van der Waals surface area contributed by atoms with Crippen molar-refractivity contribution in [3.05, 3.63) is 96.1 Å². The molecule has 1 saturated carbocycles. The number of phenolic OH excluding ortho intramolecular Hbond substituents is 1. The highest BCUT2D eigenvalue weighted by Crippen LogP contribution is 2.62. The highest BCUT2D eigenvalue weighted by molar-refractivity contribution is 6.04. The summed E-state index contributed by atoms with van der Waals surface area (Å²) in [4.78, 5) is 23.1. The Balaban J connectivity index is 1.60. The fourth-order valence-electron chi connectivity index (χ4n) is 8.98. The van der Waals surface area contributed by atoms with Crippen LogP contribution in [0.5, 0.6) is 11.5 Å². The lowest BCUT2D eigenvalue weighted by atomic mass is 9.55. The second kappa shape index (κ2) is 17.1. The number of aliphatic hydroxyl groups excluding tert-OH is 2. The van der Waals surface area contributed by atoms with E-state index in [4.69, 9.17) is 19.5 Å². The molecule has 3 aromatic carbocycles. The highest BCUT2D eigenvalue weighted by atomic mass is 16.7. The van der Waals surface area contributed by atoms with E-state index >= 15 is 0 Å². The van der Waals surface area contributed by atoms with E-state index in [9.17, 15) is 20.1 Å². The summed E-state index contributed by atoms with van der Waals surface area (Å²) in [6.45, 7) is 12.9. The predicted molar refractivity (Wildman–Crippen MR) is 213 cm³/mol. The van der Waals surface area contributed by atoms with Crippen LogP contribution in [0.4, 0.5) is 0 Å². The average molecular weight is 739 g/mol. The number of hydrogen-bond donors (Lipinski definition) is 3. The summed E-state index contributed by atoms with van der Waals surface area (Å²) in [7, 11) is 0. The summed E-state index contributed by atoms with van der Waals surface area (Å²) in [5.74, 6) is -1.12. The number of carbonyl (C=O) groups is 1. The number of allylic oxidation sites excluding steroid dienone is 1. The summed E-state index contributed by atoms with van der Waals surface area (Å²) >= 11 is 0. The van der Waals surface area contributed by atoms with Crippen LogP contribution in [-0.2, 0) is 9.57 Å². The zero-order valence-electron chi connectivity index (χ0n) is 32.4. The van der Waals surface area contributed by atoms with Crippen LogP contribution >= 0.6 is 0 Å². The van der Waals surface area contributed by atoms with E-state index in [1.807, 2.05) is 80.3 Å². The smallest absolute Gasteiger partial charge is 0.254 e. The molecule has 2 aliphatic carbocycles. The van der Waals surface area contributed by atoms with Crippen molar-refractivity contribution in [2.45, 2.75) is 102 Å². The van der Waals surface area contributed by atoms with E-state index in [0.717, 1.165) is 53.3 Å². The molecular weight excluding hydrogens is 681 g/mol. The van der Waals surface area contributed by atoms with Gasteiger partial charge in [0.25, 0.3) is 5.91 Å². The Morgan fingerprint density at radius 1 is 1.02 bits per heavy atom. The number of oxime groups is 1. The van der Waals surface area contributed by atoms with Gasteiger partial charge in [0, 0.05) is 43.2 Å². The van der Waals surface area contributed by atoms with Crippen molar-refractivity contribution >= 4 is 22.4 Å². The number of fused-ring (bicyclic) bond motifs is 3. The third kappa shape index (κ3) is 8.09. The molecule has 0 bridgehead atoms. The quantitative estimate of drug-likeness (QED) is 0.0766. The van der Waals surface area contributed by atoms with Gasteiger partial charge in [-0.15, -0.1) is 6.58 Å². The SMILES string of the molecule is C=CCO[C@@]12Oc3ccc(O)cc3[C@H]3[C@H](CCCCO)[C@@H](CCCCO)C=C(C(=NOC(C)(C)C)C[C@@H]1N(CCC)C(=O)c1ccc4ccccc4c1)[C@H]32. The van der Waals surface area contributed by atoms with Gasteiger partial charge in [0.15, 0.2) is 0 Å². The molecule has 0 aromatic heterocycles. The Morgan fingerprint density at radius 2 is 1.76 bits per heavy atom. The second-order valence-electron chi connectivity index (χ2n) is 16.1. The van der Waals surface area contributed by atoms with Crippen molar-refractivity contribution in [1.82, 2.24) is 4.90 Å². The number of ether oxygens (including phenoxy) is 2. The summed E-state index contributed by atoms with van der Waals surface area (Å²) in [6.07, 6.45) is 9.81. The zero-order chi connectivity index (χ0) is 38.5. The molecule has 9 heteroatoms. The molecule has 1 aliphatic heterocycles. The first-order valence-electron chi connectivity index (χ1n) is 19.8. The van der Waals surface area contributed by atoms with E-state index < -0.39 is 23.3 Å². The van der Waals surface area contributed by atoms with Crippen LogP contribution in [0.15, 0.2) is 90.1 Å². The van der Waals surface area contributed by atoms with Gasteiger partial charge in [-0.05, 0) is 111 Å². The monoisotopic (exact) mass is 738 g/mol. The first-order valence-corrected chi connectivity index (χ1v) is 19.8. The summed E-state index contributed by atoms with van der Waals surface area (Å²) in [6, 6.07) is 18.6. The topological polar surface area (TPSA) is 121 Å². The number of hydrogen-bond acceptors (Lipinski definition) is 8. The lowest BCUT2D eigenvalue weighted by molar-refractivity contribution is -0.254. The fourth-order valence-corrected chi connectivity index (χ4v) is 8.98. The first-order chi connectivity index (χ1) is 26.0. The Kier molecular flexibility index (Phi) is 12.5. The van der Waals surface area contributed by atoms with Crippen molar-refractivity contribution in [2.24, 2.45) is 22.9 Å². The maximum Gasteiger partial charge on any atom is 0.254 e. The van der Waals surface area contributed by atoms with Gasteiger partial charge in [0.1, 0.15) is 23.1 Å². The molecule has 1 fully saturated rings. The van der Waals surface area contributed by atoms with Gasteiger partial charge < -0.3 is 34.5 Å². The van der Waals surface area contributed by atoms with Gasteiger partial charge in [-0.3, -0.25) is 4.79 Å². The van der Waals surface area contributed by atoms with E-state index in [1.54, 1.807) is 12.1 Å². The zero-order valence-corrected chi connectivity index (χ0v) is 32.4. The Bertz CT molecular complexity index is 1850. The largest absolute Gasteiger partial charge is 0.508 e. The second-order valence-corrected chi connectivity index (χ2v) is 16.1. The van der Waals surface area contributed by atoms with Crippen LogP contribution in [-0.4, -0.2) is 75.6 Å². The van der Waals surface area contributed by atoms with Crippen molar-refractivity contribution in [1.29, 1.82) is 0 Å². The molecule has 3 aliphatic rings. The van der Waals surface area contributed by atoms with Crippen LogP contribution in [0.2, 0.25) is 0 Å². The van der Waals surface area contributed by atoms with Gasteiger partial charge in [-0.1, -0.05) is 67.4 Å². The van der Waals surface area contributed by atoms with Crippen LogP contribution in [0.1, 0.15) is 101 Å². The number of unbranched alkanes of at least 4 members (excludes halogenated alkanes) is 2. The van der Waals surface area contributed by atoms with Gasteiger partial charge in [0.05, 0.1) is 18.2 Å². The van der Waals surface area contributed by atoms with E-state index in [-0.39, 0.29) is 49.2 Å². The molecule has 0 unspecified atom stereocenters. The molecule has 0 spiro atoms. The first kappa shape index (κ1) is 39.5. The molecule has 1 heterocycles. The van der Waals surface area contributed by atoms with E-state index in [0.29, 0.717) is 43.5 Å². The molecular formula is C45H58N2O7. The number of rotatable bonds is 16. The number of benzene rings is 3. The van der Waals surface area contributed by atoms with Gasteiger partial charge in [0.2, 0.25) is 5.79 Å². The highest BCUT2D eigenvalue weighted by Gasteiger charge is 2.65. The van der Waals surface area contributed by atoms with Crippen LogP contribution in [0.25, 0.3) is 10.8 Å². The minimum atomic E-state index is -1.34. The van der Waals surface area contributed by atoms with Crippen molar-refractivity contribution in [3.8, 4) is 11.5 Å². The van der Waals surface area contributed by atoms with Crippen molar-refractivity contribution in [2.75, 3.05) is 26.4 Å². The number of carbonyl (C=O) groups excluding carboxylic acids is 1. The van der Waals surface area contributed by atoms with Gasteiger partial charge in [-0.2, -0.15) is 0 Å². The normalized spacial score (nSPS) is 25.3. The summed E-state index contributed by atoms with van der Waals surface area (Å²) in [5, 5.41) is 37.5. The molecule has 3 N–H and O–H groups in total. The maximum atomic E-state index is 15.0. The molecule has 9 nitrogen and oxygen atoms in total. The van der Waals surface area contributed by atoms with Gasteiger partial charge >= 0.3 is 0 Å². The third-order valence-corrected chi connectivity index (χ3v) is 11.2. The number of amides is 1. The lowest BCUT2D eigenvalue weighted by Gasteiger charge is -2.60. The van der Waals surface area contributed by atoms with Crippen LogP contribution in [0.3, 0.4) is 0 Å². The van der Waals surface area contributed by atoms with E-state index in [2.05, 4.69) is 19.6 Å². The predicted octanol–water partition coefficient (Wildman–Crippen LogP) is 8.53. The Labute approximate surface area is 320 Å². The van der Waals surface area contributed by atoms with Crippen LogP contribution < -0.4 is 4.74 Å². The third-order valence-electron chi connectivity index (χ3n) is 11.2. The Morgan fingerprint density at radius 3 is 2.46 bits per heavy atom. The minimum absolute atomic E-state index is 0.0829. The van der Waals surface area contributed by atoms with E-state index in [1.165, 1.54) is 0 Å². The molecule has 0 radical (unpaired) electrons. The molecule has 0 saturated heterocycles. The molecule has 3 aromatic rings. The molecule has 54 heavy (non-hydrogen) atoms. The standard InChI is InChI=1S/C45H58N2O7/c1-6-22-47(43(51)33-19-18-30-14-8-9-15-31(30)26-33)40-29-38(46-54-44(3,4)5)36-27-32(16-10-12-23-48)35(17-11-13-24-49)41-37-28-34(50)20-21-39(37)53-45(40,42(36)41)52-25-7-2/h7-9,14-15,18-21,26-28,32,35,40-42,48-50H,2,6,10-13,16-17,22-25,29H2,1,3-5H3/t32-,35+,40-,41+,42+,45+/m0/s1. The molecule has 6 atom stereocenters.